The summed E-state index contributed by atoms with van der Waals surface area (Å²) in [6.45, 7) is 4.89. The summed E-state index contributed by atoms with van der Waals surface area (Å²) >= 11 is 0. The molecule has 1 heterocycles. The van der Waals surface area contributed by atoms with Crippen molar-refractivity contribution in [2.24, 2.45) is 0 Å². The third-order valence-electron chi connectivity index (χ3n) is 3.69. The van der Waals surface area contributed by atoms with Crippen molar-refractivity contribution in [2.75, 3.05) is 18.5 Å². The number of hydrogen-bond donors (Lipinski definition) is 3. The molecule has 0 aliphatic rings. The van der Waals surface area contributed by atoms with Crippen molar-refractivity contribution in [3.05, 3.63) is 54.0 Å². The molecule has 8 nitrogen and oxygen atoms in total. The molecule has 1 aromatic heterocycles. The Morgan fingerprint density at radius 3 is 2.54 bits per heavy atom. The number of hydrogen-bond acceptors (Lipinski definition) is 5. The van der Waals surface area contributed by atoms with E-state index in [2.05, 4.69) is 16.0 Å². The SMILES string of the molecule is CC(C)OCCCNC(=O)C(=O)Nc1ccccc1C(=O)NCc1ccco1. The van der Waals surface area contributed by atoms with Crippen LogP contribution in [0.3, 0.4) is 0 Å². The molecular formula is C20H25N3O5. The van der Waals surface area contributed by atoms with Gasteiger partial charge in [-0.1, -0.05) is 12.1 Å². The van der Waals surface area contributed by atoms with Crippen LogP contribution in [0, 0.1) is 0 Å². The summed E-state index contributed by atoms with van der Waals surface area (Å²) in [5.41, 5.74) is 0.503. The van der Waals surface area contributed by atoms with E-state index >= 15 is 0 Å². The molecule has 0 fully saturated rings. The van der Waals surface area contributed by atoms with Gasteiger partial charge in [0.05, 0.1) is 30.2 Å². The highest BCUT2D eigenvalue weighted by molar-refractivity contribution is 6.40. The number of para-hydroxylation sites is 1. The van der Waals surface area contributed by atoms with Gasteiger partial charge in [0.25, 0.3) is 5.91 Å². The lowest BCUT2D eigenvalue weighted by Crippen LogP contribution is -2.36. The Balaban J connectivity index is 1.86. The average Bonchev–Trinajstić information content (AvgIpc) is 3.19. The number of rotatable bonds is 9. The molecule has 150 valence electrons. The van der Waals surface area contributed by atoms with E-state index < -0.39 is 17.7 Å². The number of anilines is 1. The normalized spacial score (nSPS) is 10.5. The second-order valence-corrected chi connectivity index (χ2v) is 6.29. The molecule has 0 spiro atoms. The van der Waals surface area contributed by atoms with Crippen molar-refractivity contribution in [3.63, 3.8) is 0 Å². The summed E-state index contributed by atoms with van der Waals surface area (Å²) in [4.78, 5) is 36.4. The molecule has 0 bridgehead atoms. The fraction of sp³-hybridized carbons (Fsp3) is 0.350. The van der Waals surface area contributed by atoms with E-state index in [1.165, 1.54) is 6.26 Å². The van der Waals surface area contributed by atoms with Crippen molar-refractivity contribution in [1.82, 2.24) is 10.6 Å². The highest BCUT2D eigenvalue weighted by Crippen LogP contribution is 2.15. The van der Waals surface area contributed by atoms with Gasteiger partial charge in [-0.2, -0.15) is 0 Å². The van der Waals surface area contributed by atoms with Gasteiger partial charge in [-0.25, -0.2) is 0 Å². The van der Waals surface area contributed by atoms with E-state index in [1.54, 1.807) is 36.4 Å². The Labute approximate surface area is 163 Å². The first kappa shape index (κ1) is 21.2. The second-order valence-electron chi connectivity index (χ2n) is 6.29. The van der Waals surface area contributed by atoms with Crippen LogP contribution in [0.1, 0.15) is 36.4 Å². The number of carbonyl (C=O) groups is 3. The van der Waals surface area contributed by atoms with Gasteiger partial charge in [0, 0.05) is 13.2 Å². The fourth-order valence-electron chi connectivity index (χ4n) is 2.32. The quantitative estimate of drug-likeness (QED) is 0.451. The van der Waals surface area contributed by atoms with Gasteiger partial charge in [0.15, 0.2) is 0 Å². The maximum atomic E-state index is 12.4. The van der Waals surface area contributed by atoms with Crippen LogP contribution in [0.2, 0.25) is 0 Å². The number of benzene rings is 1. The van der Waals surface area contributed by atoms with E-state index in [9.17, 15) is 14.4 Å². The summed E-state index contributed by atoms with van der Waals surface area (Å²) in [6.07, 6.45) is 2.24. The van der Waals surface area contributed by atoms with Crippen LogP contribution in [0.4, 0.5) is 5.69 Å². The predicted octanol–water partition coefficient (Wildman–Crippen LogP) is 2.08. The molecule has 0 aliphatic carbocycles. The third-order valence-corrected chi connectivity index (χ3v) is 3.69. The van der Waals surface area contributed by atoms with Crippen LogP contribution in [0.5, 0.6) is 0 Å². The van der Waals surface area contributed by atoms with Crippen molar-refractivity contribution in [2.45, 2.75) is 32.9 Å². The Kier molecular flexibility index (Phi) is 8.23. The standard InChI is InChI=1S/C20H25N3O5/c1-14(2)27-12-6-10-21-19(25)20(26)23-17-9-4-3-8-16(17)18(24)22-13-15-7-5-11-28-15/h3-5,7-9,11,14H,6,10,12-13H2,1-2H3,(H,21,25)(H,22,24)(H,23,26). The Hall–Kier alpha value is -3.13. The number of amides is 3. The summed E-state index contributed by atoms with van der Waals surface area (Å²) in [5, 5.41) is 7.71. The molecule has 0 radical (unpaired) electrons. The Bertz CT molecular complexity index is 787. The van der Waals surface area contributed by atoms with E-state index in [-0.39, 0.29) is 23.9 Å². The first-order valence-electron chi connectivity index (χ1n) is 9.07. The van der Waals surface area contributed by atoms with E-state index in [4.69, 9.17) is 9.15 Å². The summed E-state index contributed by atoms with van der Waals surface area (Å²) < 4.78 is 10.5. The van der Waals surface area contributed by atoms with E-state index in [0.29, 0.717) is 25.3 Å². The smallest absolute Gasteiger partial charge is 0.313 e. The number of ether oxygens (including phenoxy) is 1. The molecule has 2 rings (SSSR count). The molecule has 0 unspecified atom stereocenters. The second kappa shape index (κ2) is 10.9. The molecular weight excluding hydrogens is 362 g/mol. The third kappa shape index (κ3) is 6.88. The summed E-state index contributed by atoms with van der Waals surface area (Å²) in [6, 6.07) is 9.93. The minimum absolute atomic E-state index is 0.120. The largest absolute Gasteiger partial charge is 0.467 e. The van der Waals surface area contributed by atoms with Crippen LogP contribution in [-0.2, 0) is 20.9 Å². The van der Waals surface area contributed by atoms with Gasteiger partial charge in [-0.05, 0) is 44.5 Å². The molecule has 0 saturated carbocycles. The molecule has 0 atom stereocenters. The Morgan fingerprint density at radius 2 is 1.82 bits per heavy atom. The van der Waals surface area contributed by atoms with Crippen molar-refractivity contribution >= 4 is 23.4 Å². The molecule has 28 heavy (non-hydrogen) atoms. The first-order chi connectivity index (χ1) is 13.5. The number of nitrogens with one attached hydrogen (secondary N) is 3. The minimum atomic E-state index is -0.837. The van der Waals surface area contributed by atoms with Gasteiger partial charge in [-0.15, -0.1) is 0 Å². The molecule has 1 aromatic carbocycles. The van der Waals surface area contributed by atoms with Crippen LogP contribution >= 0.6 is 0 Å². The first-order valence-corrected chi connectivity index (χ1v) is 9.07. The highest BCUT2D eigenvalue weighted by atomic mass is 16.5. The highest BCUT2D eigenvalue weighted by Gasteiger charge is 2.17. The van der Waals surface area contributed by atoms with Crippen LogP contribution in [-0.4, -0.2) is 37.0 Å². The topological polar surface area (TPSA) is 110 Å². The van der Waals surface area contributed by atoms with Gasteiger partial charge >= 0.3 is 11.8 Å². The zero-order valence-electron chi connectivity index (χ0n) is 16.0. The maximum Gasteiger partial charge on any atom is 0.313 e. The molecule has 8 heteroatoms. The zero-order valence-corrected chi connectivity index (χ0v) is 16.0. The fourth-order valence-corrected chi connectivity index (χ4v) is 2.32. The van der Waals surface area contributed by atoms with Crippen molar-refractivity contribution < 1.29 is 23.5 Å². The summed E-state index contributed by atoms with van der Waals surface area (Å²) in [7, 11) is 0. The maximum absolute atomic E-state index is 12.4. The zero-order chi connectivity index (χ0) is 20.4. The lowest BCUT2D eigenvalue weighted by molar-refractivity contribution is -0.136. The van der Waals surface area contributed by atoms with Gasteiger partial charge in [-0.3, -0.25) is 14.4 Å². The van der Waals surface area contributed by atoms with Crippen LogP contribution < -0.4 is 16.0 Å². The summed E-state index contributed by atoms with van der Waals surface area (Å²) in [5.74, 6) is -1.39. The molecule has 2 aromatic rings. The number of carbonyl (C=O) groups excluding carboxylic acids is 3. The lowest BCUT2D eigenvalue weighted by atomic mass is 10.1. The molecule has 0 aliphatic heterocycles. The van der Waals surface area contributed by atoms with E-state index in [1.807, 2.05) is 13.8 Å². The van der Waals surface area contributed by atoms with Gasteiger partial charge in [0.2, 0.25) is 0 Å². The van der Waals surface area contributed by atoms with Crippen molar-refractivity contribution in [1.29, 1.82) is 0 Å². The van der Waals surface area contributed by atoms with Gasteiger partial charge < -0.3 is 25.1 Å². The Morgan fingerprint density at radius 1 is 1.04 bits per heavy atom. The molecule has 3 amide bonds. The molecule has 3 N–H and O–H groups in total. The van der Waals surface area contributed by atoms with E-state index in [0.717, 1.165) is 0 Å². The molecule has 0 saturated heterocycles. The minimum Gasteiger partial charge on any atom is -0.467 e. The monoisotopic (exact) mass is 387 g/mol. The lowest BCUT2D eigenvalue weighted by Gasteiger charge is -2.11. The van der Waals surface area contributed by atoms with Crippen molar-refractivity contribution in [3.8, 4) is 0 Å². The predicted molar refractivity (Wildman–Crippen MR) is 104 cm³/mol. The van der Waals surface area contributed by atoms with Gasteiger partial charge in [0.1, 0.15) is 5.76 Å². The average molecular weight is 387 g/mol. The number of furan rings is 1. The van der Waals surface area contributed by atoms with Crippen LogP contribution in [0.15, 0.2) is 47.1 Å². The van der Waals surface area contributed by atoms with Crippen LogP contribution in [0.25, 0.3) is 0 Å².